The maximum absolute atomic E-state index is 12.3. The number of nitrogens with zero attached hydrogens (tertiary/aromatic N) is 4. The third-order valence-electron chi connectivity index (χ3n) is 3.69. The van der Waals surface area contributed by atoms with E-state index in [2.05, 4.69) is 15.6 Å². The molecule has 2 aromatic heterocycles. The first kappa shape index (κ1) is 16.9. The number of hydrogen-bond donors (Lipinski definition) is 2. The highest BCUT2D eigenvalue weighted by molar-refractivity contribution is 5.78. The lowest BCUT2D eigenvalue weighted by Gasteiger charge is -2.13. The van der Waals surface area contributed by atoms with Gasteiger partial charge in [-0.3, -0.25) is 18.7 Å². The van der Waals surface area contributed by atoms with Crippen LogP contribution >= 0.6 is 0 Å². The third-order valence-corrected chi connectivity index (χ3v) is 3.69. The second-order valence-electron chi connectivity index (χ2n) is 5.51. The fourth-order valence-corrected chi connectivity index (χ4v) is 2.42. The van der Waals surface area contributed by atoms with E-state index in [1.165, 1.54) is 22.5 Å². The molecule has 23 heavy (non-hydrogen) atoms. The van der Waals surface area contributed by atoms with E-state index in [0.717, 1.165) is 11.1 Å². The Labute approximate surface area is 132 Å². The summed E-state index contributed by atoms with van der Waals surface area (Å²) in [5, 5.41) is 6.00. The number of imidazole rings is 1. The normalized spacial score (nSPS) is 12.5. The molecule has 0 saturated heterocycles. The van der Waals surface area contributed by atoms with Crippen LogP contribution in [0.15, 0.2) is 15.9 Å². The van der Waals surface area contributed by atoms with Crippen molar-refractivity contribution in [3.8, 4) is 0 Å². The number of aryl methyl sites for hydroxylation is 1. The van der Waals surface area contributed by atoms with E-state index >= 15 is 0 Å². The Balaban J connectivity index is 2.23. The number of aromatic nitrogens is 4. The molecular weight excluding hydrogens is 300 g/mol. The van der Waals surface area contributed by atoms with Crippen molar-refractivity contribution in [2.24, 2.45) is 14.1 Å². The van der Waals surface area contributed by atoms with E-state index in [-0.39, 0.29) is 29.7 Å². The number of carbonyl (C=O) groups is 1. The molecule has 0 fully saturated rings. The molecule has 2 aromatic rings. The lowest BCUT2D eigenvalue weighted by molar-refractivity contribution is -0.121. The number of amides is 1. The molecule has 9 heteroatoms. The lowest BCUT2D eigenvalue weighted by Crippen LogP contribution is -2.40. The van der Waals surface area contributed by atoms with Crippen molar-refractivity contribution in [2.45, 2.75) is 26.4 Å². The van der Waals surface area contributed by atoms with Crippen molar-refractivity contribution < 1.29 is 4.79 Å². The van der Waals surface area contributed by atoms with Crippen molar-refractivity contribution in [2.75, 3.05) is 13.1 Å². The topological polar surface area (TPSA) is 103 Å². The number of fused-ring (bicyclic) bond motifs is 1. The summed E-state index contributed by atoms with van der Waals surface area (Å²) < 4.78 is 3.76. The van der Waals surface area contributed by atoms with Crippen molar-refractivity contribution in [3.63, 3.8) is 0 Å². The highest BCUT2D eigenvalue weighted by Gasteiger charge is 2.16. The molecule has 0 aliphatic heterocycles. The van der Waals surface area contributed by atoms with Gasteiger partial charge in [-0.25, -0.2) is 9.78 Å². The molecule has 0 bridgehead atoms. The van der Waals surface area contributed by atoms with Gasteiger partial charge in [0.1, 0.15) is 6.54 Å². The Kier molecular flexibility index (Phi) is 4.99. The predicted octanol–water partition coefficient (Wildman–Crippen LogP) is -1.45. The smallest absolute Gasteiger partial charge is 0.332 e. The molecule has 0 radical (unpaired) electrons. The molecule has 0 unspecified atom stereocenters. The van der Waals surface area contributed by atoms with Crippen LogP contribution in [-0.4, -0.2) is 43.7 Å². The average molecular weight is 322 g/mol. The van der Waals surface area contributed by atoms with E-state index in [1.807, 2.05) is 13.8 Å². The Morgan fingerprint density at radius 2 is 2.00 bits per heavy atom. The first-order valence-corrected chi connectivity index (χ1v) is 7.47. The number of hydrogen-bond acceptors (Lipinski definition) is 5. The zero-order valence-corrected chi connectivity index (χ0v) is 13.8. The van der Waals surface area contributed by atoms with E-state index < -0.39 is 11.2 Å². The Morgan fingerprint density at radius 1 is 1.30 bits per heavy atom. The summed E-state index contributed by atoms with van der Waals surface area (Å²) in [6.07, 6.45) is 1.40. The molecule has 1 amide bonds. The Bertz CT molecular complexity index is 831. The van der Waals surface area contributed by atoms with Gasteiger partial charge in [-0.2, -0.15) is 0 Å². The van der Waals surface area contributed by atoms with Crippen LogP contribution < -0.4 is 21.9 Å². The molecule has 0 aromatic carbocycles. The summed E-state index contributed by atoms with van der Waals surface area (Å²) in [6, 6.07) is 0.164. The SMILES string of the molecule is CCN[C@H](C)CNC(=O)Cn1cnc2c1c(=O)n(C)c(=O)n2C. The molecule has 0 saturated carbocycles. The summed E-state index contributed by atoms with van der Waals surface area (Å²) >= 11 is 0. The molecule has 1 atom stereocenters. The second kappa shape index (κ2) is 6.78. The van der Waals surface area contributed by atoms with Crippen molar-refractivity contribution >= 4 is 17.1 Å². The van der Waals surface area contributed by atoms with Crippen LogP contribution in [-0.2, 0) is 25.4 Å². The zero-order valence-electron chi connectivity index (χ0n) is 13.8. The summed E-state index contributed by atoms with van der Waals surface area (Å²) in [5.74, 6) is -0.218. The molecule has 0 aliphatic rings. The molecule has 0 spiro atoms. The van der Waals surface area contributed by atoms with Gasteiger partial charge in [-0.05, 0) is 13.5 Å². The first-order chi connectivity index (χ1) is 10.9. The van der Waals surface area contributed by atoms with Crippen LogP contribution in [0.25, 0.3) is 11.2 Å². The minimum atomic E-state index is -0.464. The van der Waals surface area contributed by atoms with Crippen LogP contribution in [0.2, 0.25) is 0 Å². The number of likely N-dealkylation sites (N-methyl/N-ethyl adjacent to an activating group) is 1. The highest BCUT2D eigenvalue weighted by atomic mass is 16.2. The maximum Gasteiger partial charge on any atom is 0.332 e. The van der Waals surface area contributed by atoms with Gasteiger partial charge < -0.3 is 15.2 Å². The van der Waals surface area contributed by atoms with Gasteiger partial charge in [0.25, 0.3) is 5.56 Å². The number of carbonyl (C=O) groups excluding carboxylic acids is 1. The van der Waals surface area contributed by atoms with Crippen LogP contribution in [0.5, 0.6) is 0 Å². The molecule has 0 aliphatic carbocycles. The zero-order chi connectivity index (χ0) is 17.1. The van der Waals surface area contributed by atoms with E-state index in [1.54, 1.807) is 7.05 Å². The summed E-state index contributed by atoms with van der Waals surface area (Å²) in [7, 11) is 2.94. The molecule has 9 nitrogen and oxygen atoms in total. The van der Waals surface area contributed by atoms with Gasteiger partial charge in [-0.15, -0.1) is 0 Å². The summed E-state index contributed by atoms with van der Waals surface area (Å²) in [4.78, 5) is 40.3. The summed E-state index contributed by atoms with van der Waals surface area (Å²) in [5.41, 5.74) is -0.400. The van der Waals surface area contributed by atoms with Crippen LogP contribution in [0.3, 0.4) is 0 Å². The first-order valence-electron chi connectivity index (χ1n) is 7.47. The van der Waals surface area contributed by atoms with Gasteiger partial charge in [0, 0.05) is 26.7 Å². The third kappa shape index (κ3) is 3.34. The number of rotatable bonds is 6. The van der Waals surface area contributed by atoms with E-state index in [0.29, 0.717) is 6.54 Å². The second-order valence-corrected chi connectivity index (χ2v) is 5.51. The van der Waals surface area contributed by atoms with Crippen LogP contribution in [0, 0.1) is 0 Å². The quantitative estimate of drug-likeness (QED) is 0.677. The largest absolute Gasteiger partial charge is 0.353 e. The van der Waals surface area contributed by atoms with Crippen molar-refractivity contribution in [3.05, 3.63) is 27.2 Å². The summed E-state index contributed by atoms with van der Waals surface area (Å²) in [6.45, 7) is 5.27. The molecule has 126 valence electrons. The fraction of sp³-hybridized carbons (Fsp3) is 0.571. The van der Waals surface area contributed by atoms with Crippen molar-refractivity contribution in [1.82, 2.24) is 29.3 Å². The molecule has 2 N–H and O–H groups in total. The number of nitrogens with one attached hydrogen (secondary N) is 2. The minimum absolute atomic E-state index is 0.0250. The molecule has 2 heterocycles. The molecular formula is C14H22N6O3. The fourth-order valence-electron chi connectivity index (χ4n) is 2.42. The van der Waals surface area contributed by atoms with E-state index in [9.17, 15) is 14.4 Å². The maximum atomic E-state index is 12.3. The average Bonchev–Trinajstić information content (AvgIpc) is 2.93. The lowest BCUT2D eigenvalue weighted by atomic mass is 10.3. The van der Waals surface area contributed by atoms with Crippen molar-refractivity contribution in [1.29, 1.82) is 0 Å². The van der Waals surface area contributed by atoms with Crippen LogP contribution in [0.1, 0.15) is 13.8 Å². The van der Waals surface area contributed by atoms with Gasteiger partial charge in [-0.1, -0.05) is 6.92 Å². The van der Waals surface area contributed by atoms with Gasteiger partial charge in [0.2, 0.25) is 5.91 Å². The standard InChI is InChI=1S/C14H22N6O3/c1-5-15-9(2)6-16-10(21)7-20-8-17-12-11(20)13(22)19(4)14(23)18(12)3/h8-9,15H,5-7H2,1-4H3,(H,16,21)/t9-/m1/s1. The minimum Gasteiger partial charge on any atom is -0.353 e. The van der Waals surface area contributed by atoms with E-state index in [4.69, 9.17) is 0 Å². The Hall–Kier alpha value is -2.42. The molecule has 2 rings (SSSR count). The predicted molar refractivity (Wildman–Crippen MR) is 86.4 cm³/mol. The highest BCUT2D eigenvalue weighted by Crippen LogP contribution is 2.04. The van der Waals surface area contributed by atoms with Gasteiger partial charge >= 0.3 is 5.69 Å². The monoisotopic (exact) mass is 322 g/mol. The van der Waals surface area contributed by atoms with Crippen LogP contribution in [0.4, 0.5) is 0 Å². The van der Waals surface area contributed by atoms with Gasteiger partial charge in [0.05, 0.1) is 6.33 Å². The Morgan fingerprint density at radius 3 is 2.65 bits per heavy atom. The van der Waals surface area contributed by atoms with Gasteiger partial charge in [0.15, 0.2) is 11.2 Å².